The van der Waals surface area contributed by atoms with Gasteiger partial charge in [0, 0.05) is 6.92 Å². The fourth-order valence-corrected chi connectivity index (χ4v) is 1.43. The lowest BCUT2D eigenvalue weighted by Crippen LogP contribution is -2.33. The minimum absolute atomic E-state index is 0.249. The normalized spacial score (nSPS) is 31.5. The molecule has 3 heteroatoms. The molecule has 64 valence electrons. The Labute approximate surface area is 66.4 Å². The maximum atomic E-state index is 10.5. The maximum Gasteiger partial charge on any atom is 0.302 e. The molecule has 1 rings (SSSR count). The van der Waals surface area contributed by atoms with E-state index in [1.54, 1.807) is 0 Å². The minimum atomic E-state index is -0.437. The molecule has 0 aromatic heterocycles. The highest BCUT2D eigenvalue weighted by Crippen LogP contribution is 2.20. The van der Waals surface area contributed by atoms with Crippen molar-refractivity contribution in [2.75, 3.05) is 0 Å². The summed E-state index contributed by atoms with van der Waals surface area (Å²) in [5.41, 5.74) is 0. The number of carbonyl (C=O) groups is 1. The molecular formula is C8H14O3. The molecule has 1 aliphatic rings. The first kappa shape index (κ1) is 8.53. The summed E-state index contributed by atoms with van der Waals surface area (Å²) in [5.74, 6) is -0.295. The second-order valence-electron chi connectivity index (χ2n) is 3.00. The van der Waals surface area contributed by atoms with E-state index in [0.29, 0.717) is 0 Å². The van der Waals surface area contributed by atoms with Crippen molar-refractivity contribution in [3.63, 3.8) is 0 Å². The van der Waals surface area contributed by atoms with Crippen LogP contribution in [0, 0.1) is 0 Å². The SMILES string of the molecule is CC(=O)O[C@H]1CCCCC1O. The Kier molecular flexibility index (Phi) is 2.88. The molecule has 1 fully saturated rings. The maximum absolute atomic E-state index is 10.5. The summed E-state index contributed by atoms with van der Waals surface area (Å²) >= 11 is 0. The summed E-state index contributed by atoms with van der Waals surface area (Å²) in [6, 6.07) is 0. The van der Waals surface area contributed by atoms with Crippen molar-refractivity contribution in [3.05, 3.63) is 0 Å². The van der Waals surface area contributed by atoms with Crippen molar-refractivity contribution in [2.24, 2.45) is 0 Å². The predicted molar refractivity (Wildman–Crippen MR) is 40.0 cm³/mol. The van der Waals surface area contributed by atoms with Crippen LogP contribution in [0.25, 0.3) is 0 Å². The Hall–Kier alpha value is -0.570. The molecule has 0 bridgehead atoms. The van der Waals surface area contributed by atoms with Crippen LogP contribution in [-0.4, -0.2) is 23.3 Å². The number of carbonyl (C=O) groups excluding carboxylic acids is 1. The van der Waals surface area contributed by atoms with Crippen molar-refractivity contribution in [1.29, 1.82) is 0 Å². The van der Waals surface area contributed by atoms with E-state index in [1.165, 1.54) is 6.92 Å². The lowest BCUT2D eigenvalue weighted by Gasteiger charge is -2.26. The lowest BCUT2D eigenvalue weighted by molar-refractivity contribution is -0.154. The molecule has 0 saturated heterocycles. The molecule has 1 N–H and O–H groups in total. The van der Waals surface area contributed by atoms with Gasteiger partial charge in [-0.15, -0.1) is 0 Å². The molecule has 1 unspecified atom stereocenters. The van der Waals surface area contributed by atoms with Gasteiger partial charge in [0.2, 0.25) is 0 Å². The van der Waals surface area contributed by atoms with Crippen LogP contribution >= 0.6 is 0 Å². The molecule has 0 heterocycles. The van der Waals surface area contributed by atoms with Crippen LogP contribution in [0.15, 0.2) is 0 Å². The second kappa shape index (κ2) is 3.72. The Bertz CT molecular complexity index is 144. The first-order chi connectivity index (χ1) is 5.20. The van der Waals surface area contributed by atoms with Gasteiger partial charge in [0.15, 0.2) is 0 Å². The van der Waals surface area contributed by atoms with Crippen molar-refractivity contribution in [1.82, 2.24) is 0 Å². The fourth-order valence-electron chi connectivity index (χ4n) is 1.43. The van der Waals surface area contributed by atoms with Gasteiger partial charge in [0.1, 0.15) is 6.10 Å². The van der Waals surface area contributed by atoms with Crippen LogP contribution in [0.5, 0.6) is 0 Å². The van der Waals surface area contributed by atoms with Gasteiger partial charge in [-0.1, -0.05) is 6.42 Å². The quantitative estimate of drug-likeness (QED) is 0.575. The molecular weight excluding hydrogens is 144 g/mol. The monoisotopic (exact) mass is 158 g/mol. The van der Waals surface area contributed by atoms with E-state index in [1.807, 2.05) is 0 Å². The van der Waals surface area contributed by atoms with Gasteiger partial charge >= 0.3 is 5.97 Å². The molecule has 0 radical (unpaired) electrons. The number of ether oxygens (including phenoxy) is 1. The lowest BCUT2D eigenvalue weighted by atomic mass is 9.95. The summed E-state index contributed by atoms with van der Waals surface area (Å²) in [6.45, 7) is 1.38. The van der Waals surface area contributed by atoms with Crippen molar-refractivity contribution in [3.8, 4) is 0 Å². The number of aliphatic hydroxyl groups is 1. The Morgan fingerprint density at radius 1 is 1.45 bits per heavy atom. The van der Waals surface area contributed by atoms with Crippen LogP contribution in [0.2, 0.25) is 0 Å². The smallest absolute Gasteiger partial charge is 0.302 e. The first-order valence-corrected chi connectivity index (χ1v) is 4.05. The molecule has 0 aliphatic heterocycles. The van der Waals surface area contributed by atoms with Gasteiger partial charge in [0.25, 0.3) is 0 Å². The highest BCUT2D eigenvalue weighted by atomic mass is 16.6. The van der Waals surface area contributed by atoms with Gasteiger partial charge < -0.3 is 9.84 Å². The number of esters is 1. The van der Waals surface area contributed by atoms with E-state index in [-0.39, 0.29) is 12.1 Å². The van der Waals surface area contributed by atoms with Gasteiger partial charge in [-0.3, -0.25) is 4.79 Å². The van der Waals surface area contributed by atoms with Crippen LogP contribution in [-0.2, 0) is 9.53 Å². The van der Waals surface area contributed by atoms with Crippen LogP contribution in [0.1, 0.15) is 32.6 Å². The Morgan fingerprint density at radius 2 is 2.09 bits per heavy atom. The number of rotatable bonds is 1. The summed E-state index contributed by atoms with van der Waals surface area (Å²) < 4.78 is 4.91. The third-order valence-electron chi connectivity index (χ3n) is 1.99. The highest BCUT2D eigenvalue weighted by Gasteiger charge is 2.24. The standard InChI is InChI=1S/C8H14O3/c1-6(9)11-8-5-3-2-4-7(8)10/h7-8,10H,2-5H2,1H3/t7?,8-/m0/s1. The third kappa shape index (κ3) is 2.50. The molecule has 0 amide bonds. The largest absolute Gasteiger partial charge is 0.460 e. The molecule has 11 heavy (non-hydrogen) atoms. The molecule has 1 saturated carbocycles. The zero-order valence-corrected chi connectivity index (χ0v) is 6.75. The highest BCUT2D eigenvalue weighted by molar-refractivity contribution is 5.66. The van der Waals surface area contributed by atoms with Crippen LogP contribution < -0.4 is 0 Å². The molecule has 0 spiro atoms. The average Bonchev–Trinajstić information content (AvgIpc) is 1.93. The minimum Gasteiger partial charge on any atom is -0.460 e. The predicted octanol–water partition coefficient (Wildman–Crippen LogP) is 0.853. The second-order valence-corrected chi connectivity index (χ2v) is 3.00. The van der Waals surface area contributed by atoms with Crippen LogP contribution in [0.4, 0.5) is 0 Å². The van der Waals surface area contributed by atoms with E-state index >= 15 is 0 Å². The average molecular weight is 158 g/mol. The van der Waals surface area contributed by atoms with Crippen molar-refractivity contribution >= 4 is 5.97 Å². The zero-order chi connectivity index (χ0) is 8.27. The Balaban J connectivity index is 2.35. The Morgan fingerprint density at radius 3 is 2.64 bits per heavy atom. The topological polar surface area (TPSA) is 46.5 Å². The molecule has 3 nitrogen and oxygen atoms in total. The van der Waals surface area contributed by atoms with E-state index in [2.05, 4.69) is 0 Å². The van der Waals surface area contributed by atoms with E-state index in [9.17, 15) is 9.90 Å². The molecule has 0 aromatic rings. The third-order valence-corrected chi connectivity index (χ3v) is 1.99. The van der Waals surface area contributed by atoms with Gasteiger partial charge in [-0.05, 0) is 19.3 Å². The van der Waals surface area contributed by atoms with Gasteiger partial charge in [-0.2, -0.15) is 0 Å². The van der Waals surface area contributed by atoms with Gasteiger partial charge in [-0.25, -0.2) is 0 Å². The summed E-state index contributed by atoms with van der Waals surface area (Å²) in [5, 5.41) is 9.34. The summed E-state index contributed by atoms with van der Waals surface area (Å²) in [6.07, 6.45) is 2.97. The molecule has 2 atom stereocenters. The number of hydrogen-bond acceptors (Lipinski definition) is 3. The van der Waals surface area contributed by atoms with Crippen LogP contribution in [0.3, 0.4) is 0 Å². The number of hydrogen-bond donors (Lipinski definition) is 1. The van der Waals surface area contributed by atoms with Gasteiger partial charge in [0.05, 0.1) is 6.10 Å². The van der Waals surface area contributed by atoms with E-state index < -0.39 is 6.10 Å². The first-order valence-electron chi connectivity index (χ1n) is 4.05. The summed E-state index contributed by atoms with van der Waals surface area (Å²) in [7, 11) is 0. The van der Waals surface area contributed by atoms with Crippen molar-refractivity contribution in [2.45, 2.75) is 44.8 Å². The summed E-state index contributed by atoms with van der Waals surface area (Å²) in [4.78, 5) is 10.5. The number of aliphatic hydroxyl groups excluding tert-OH is 1. The van der Waals surface area contributed by atoms with Crippen molar-refractivity contribution < 1.29 is 14.6 Å². The molecule has 0 aromatic carbocycles. The zero-order valence-electron chi connectivity index (χ0n) is 6.75. The van der Waals surface area contributed by atoms with E-state index in [0.717, 1.165) is 25.7 Å². The fraction of sp³-hybridized carbons (Fsp3) is 0.875. The van der Waals surface area contributed by atoms with E-state index in [4.69, 9.17) is 4.74 Å². The molecule has 1 aliphatic carbocycles.